The molecule has 0 saturated carbocycles. The van der Waals surface area contributed by atoms with Gasteiger partial charge in [0.05, 0.1) is 24.0 Å². The molecular weight excluding hydrogens is 331 g/mol. The number of imidazole rings is 1. The summed E-state index contributed by atoms with van der Waals surface area (Å²) in [6, 6.07) is 5.49. The van der Waals surface area contributed by atoms with E-state index in [4.69, 9.17) is 4.74 Å². The van der Waals surface area contributed by atoms with Crippen LogP contribution in [0.1, 0.15) is 22.6 Å². The fourth-order valence-corrected chi connectivity index (χ4v) is 3.11. The van der Waals surface area contributed by atoms with E-state index in [2.05, 4.69) is 14.5 Å². The Labute approximate surface area is 145 Å². The number of alkyl halides is 3. The molecule has 1 aliphatic heterocycles. The van der Waals surface area contributed by atoms with Crippen LogP contribution in [0, 0.1) is 6.92 Å². The van der Waals surface area contributed by atoms with E-state index in [0.29, 0.717) is 25.1 Å². The maximum atomic E-state index is 12.8. The molecule has 2 aromatic rings. The molecule has 1 atom stereocenters. The molecule has 0 radical (unpaired) electrons. The van der Waals surface area contributed by atoms with Gasteiger partial charge in [0, 0.05) is 32.9 Å². The van der Waals surface area contributed by atoms with Crippen LogP contribution >= 0.6 is 0 Å². The summed E-state index contributed by atoms with van der Waals surface area (Å²) in [5.74, 6) is 0.962. The summed E-state index contributed by atoms with van der Waals surface area (Å²) in [6.07, 6.45) is -2.07. The molecule has 0 amide bonds. The molecule has 0 spiro atoms. The highest BCUT2D eigenvalue weighted by Crippen LogP contribution is 2.30. The van der Waals surface area contributed by atoms with Crippen LogP contribution in [0.25, 0.3) is 0 Å². The molecule has 136 valence electrons. The zero-order chi connectivity index (χ0) is 18.0. The van der Waals surface area contributed by atoms with Gasteiger partial charge in [-0.05, 0) is 25.0 Å². The number of hydrogen-bond acceptors (Lipinski definition) is 3. The summed E-state index contributed by atoms with van der Waals surface area (Å²) in [5, 5.41) is 0. The summed E-state index contributed by atoms with van der Waals surface area (Å²) >= 11 is 0. The number of aromatic nitrogens is 2. The molecular formula is C18H22F3N3O. The summed E-state index contributed by atoms with van der Waals surface area (Å²) in [4.78, 5) is 6.56. The molecule has 7 heteroatoms. The highest BCUT2D eigenvalue weighted by Gasteiger charge is 2.30. The highest BCUT2D eigenvalue weighted by atomic mass is 19.4. The third-order valence-electron chi connectivity index (χ3n) is 4.64. The second-order valence-corrected chi connectivity index (χ2v) is 6.49. The molecule has 1 aromatic carbocycles. The lowest BCUT2D eigenvalue weighted by Gasteiger charge is -2.33. The van der Waals surface area contributed by atoms with Gasteiger partial charge in [0.25, 0.3) is 0 Å². The monoisotopic (exact) mass is 353 g/mol. The van der Waals surface area contributed by atoms with Crippen LogP contribution < -0.4 is 0 Å². The van der Waals surface area contributed by atoms with Crippen LogP contribution in [0.4, 0.5) is 13.2 Å². The van der Waals surface area contributed by atoms with Crippen LogP contribution in [0.2, 0.25) is 0 Å². The SMILES string of the molecule is Cc1ncc(CN2CCO[C@@H](Cc3cccc(C(F)(F)F)c3)C2)n1C. The predicted molar refractivity (Wildman–Crippen MR) is 88.1 cm³/mol. The van der Waals surface area contributed by atoms with Crippen molar-refractivity contribution in [1.29, 1.82) is 0 Å². The quantitative estimate of drug-likeness (QED) is 0.846. The van der Waals surface area contributed by atoms with Crippen LogP contribution in [-0.4, -0.2) is 40.3 Å². The molecule has 0 bridgehead atoms. The first-order chi connectivity index (χ1) is 11.8. The molecule has 1 aliphatic rings. The maximum Gasteiger partial charge on any atom is 0.416 e. The number of hydrogen-bond donors (Lipinski definition) is 0. The number of benzene rings is 1. The van der Waals surface area contributed by atoms with Gasteiger partial charge in [-0.25, -0.2) is 4.98 Å². The number of rotatable bonds is 4. The van der Waals surface area contributed by atoms with Gasteiger partial charge < -0.3 is 9.30 Å². The smallest absolute Gasteiger partial charge is 0.375 e. The Morgan fingerprint density at radius 2 is 2.12 bits per heavy atom. The zero-order valence-electron chi connectivity index (χ0n) is 14.4. The van der Waals surface area contributed by atoms with Crippen molar-refractivity contribution in [3.63, 3.8) is 0 Å². The molecule has 0 N–H and O–H groups in total. The van der Waals surface area contributed by atoms with Crippen molar-refractivity contribution >= 4 is 0 Å². The minimum atomic E-state index is -4.31. The van der Waals surface area contributed by atoms with Crippen molar-refractivity contribution < 1.29 is 17.9 Å². The van der Waals surface area contributed by atoms with Gasteiger partial charge in [0.2, 0.25) is 0 Å². The van der Waals surface area contributed by atoms with Crippen molar-refractivity contribution in [2.75, 3.05) is 19.7 Å². The van der Waals surface area contributed by atoms with Crippen LogP contribution in [0.5, 0.6) is 0 Å². The standard InChI is InChI=1S/C18H22F3N3O/c1-13-22-10-16(23(13)2)11-24-6-7-25-17(12-24)9-14-4-3-5-15(8-14)18(19,20)21/h3-5,8,10,17H,6-7,9,11-12H2,1-2H3/t17-/m0/s1. The van der Waals surface area contributed by atoms with E-state index in [1.54, 1.807) is 6.07 Å². The van der Waals surface area contributed by atoms with Gasteiger partial charge in [-0.15, -0.1) is 0 Å². The van der Waals surface area contributed by atoms with Crippen LogP contribution in [0.3, 0.4) is 0 Å². The Balaban J connectivity index is 1.63. The van der Waals surface area contributed by atoms with Crippen LogP contribution in [0.15, 0.2) is 30.5 Å². The molecule has 25 heavy (non-hydrogen) atoms. The van der Waals surface area contributed by atoms with Crippen molar-refractivity contribution in [3.8, 4) is 0 Å². The van der Waals surface area contributed by atoms with E-state index in [9.17, 15) is 13.2 Å². The molecule has 1 saturated heterocycles. The summed E-state index contributed by atoms with van der Waals surface area (Å²) in [6.45, 7) is 4.81. The minimum Gasteiger partial charge on any atom is -0.375 e. The first kappa shape index (κ1) is 17.9. The molecule has 0 aliphatic carbocycles. The average Bonchev–Trinajstić information content (AvgIpc) is 2.87. The number of nitrogens with zero attached hydrogens (tertiary/aromatic N) is 3. The van der Waals surface area contributed by atoms with Crippen molar-refractivity contribution in [2.24, 2.45) is 7.05 Å². The fraction of sp³-hybridized carbons (Fsp3) is 0.500. The molecule has 3 rings (SSSR count). The average molecular weight is 353 g/mol. The van der Waals surface area contributed by atoms with E-state index in [0.717, 1.165) is 30.7 Å². The Bertz CT molecular complexity index is 727. The van der Waals surface area contributed by atoms with Crippen molar-refractivity contribution in [3.05, 3.63) is 53.1 Å². The van der Waals surface area contributed by atoms with E-state index >= 15 is 0 Å². The second-order valence-electron chi connectivity index (χ2n) is 6.49. The van der Waals surface area contributed by atoms with Gasteiger partial charge in [0.15, 0.2) is 0 Å². The van der Waals surface area contributed by atoms with E-state index < -0.39 is 11.7 Å². The second kappa shape index (κ2) is 7.17. The van der Waals surface area contributed by atoms with E-state index in [-0.39, 0.29) is 6.10 Å². The maximum absolute atomic E-state index is 12.8. The Morgan fingerprint density at radius 1 is 1.32 bits per heavy atom. The number of halogens is 3. The first-order valence-electron chi connectivity index (χ1n) is 8.30. The summed E-state index contributed by atoms with van der Waals surface area (Å²) in [5.41, 5.74) is 1.17. The largest absolute Gasteiger partial charge is 0.416 e. The molecule has 2 heterocycles. The highest BCUT2D eigenvalue weighted by molar-refractivity contribution is 5.26. The molecule has 4 nitrogen and oxygen atoms in total. The zero-order valence-corrected chi connectivity index (χ0v) is 14.4. The lowest BCUT2D eigenvalue weighted by atomic mass is 10.0. The fourth-order valence-electron chi connectivity index (χ4n) is 3.11. The number of aryl methyl sites for hydroxylation is 1. The normalized spacial score (nSPS) is 19.3. The lowest BCUT2D eigenvalue weighted by molar-refractivity contribution is -0.137. The summed E-state index contributed by atoms with van der Waals surface area (Å²) in [7, 11) is 1.98. The van der Waals surface area contributed by atoms with Gasteiger partial charge in [0.1, 0.15) is 5.82 Å². The minimum absolute atomic E-state index is 0.105. The topological polar surface area (TPSA) is 30.3 Å². The van der Waals surface area contributed by atoms with Crippen molar-refractivity contribution in [2.45, 2.75) is 32.2 Å². The molecule has 0 unspecified atom stereocenters. The predicted octanol–water partition coefficient (Wildman–Crippen LogP) is 3.19. The van der Waals surface area contributed by atoms with Gasteiger partial charge >= 0.3 is 6.18 Å². The number of ether oxygens (including phenoxy) is 1. The summed E-state index contributed by atoms with van der Waals surface area (Å²) < 4.78 is 46.3. The third kappa shape index (κ3) is 4.41. The van der Waals surface area contributed by atoms with E-state index in [1.807, 2.05) is 20.2 Å². The third-order valence-corrected chi connectivity index (χ3v) is 4.64. The van der Waals surface area contributed by atoms with Gasteiger partial charge in [-0.1, -0.05) is 18.2 Å². The Morgan fingerprint density at radius 3 is 2.80 bits per heavy atom. The van der Waals surface area contributed by atoms with Gasteiger partial charge in [-0.3, -0.25) is 4.90 Å². The Hall–Kier alpha value is -1.86. The van der Waals surface area contributed by atoms with E-state index in [1.165, 1.54) is 12.1 Å². The molecule has 1 aromatic heterocycles. The van der Waals surface area contributed by atoms with Crippen molar-refractivity contribution in [1.82, 2.24) is 14.5 Å². The first-order valence-corrected chi connectivity index (χ1v) is 8.30. The Kier molecular flexibility index (Phi) is 5.15. The molecule has 1 fully saturated rings. The van der Waals surface area contributed by atoms with Gasteiger partial charge in [-0.2, -0.15) is 13.2 Å². The number of morpholine rings is 1. The van der Waals surface area contributed by atoms with Crippen LogP contribution in [-0.2, 0) is 30.9 Å². The lowest BCUT2D eigenvalue weighted by Crippen LogP contribution is -2.43.